The third-order valence-corrected chi connectivity index (χ3v) is 5.81. The highest BCUT2D eigenvalue weighted by atomic mass is 16.5. The minimum absolute atomic E-state index is 0.109. The number of ether oxygens (including phenoxy) is 2. The quantitative estimate of drug-likeness (QED) is 0.233. The van der Waals surface area contributed by atoms with Crippen molar-refractivity contribution < 1.29 is 14.3 Å². The van der Waals surface area contributed by atoms with Gasteiger partial charge >= 0.3 is 0 Å². The van der Waals surface area contributed by atoms with Crippen molar-refractivity contribution in [3.63, 3.8) is 0 Å². The van der Waals surface area contributed by atoms with Crippen molar-refractivity contribution in [3.8, 4) is 11.5 Å². The average Bonchev–Trinajstić information content (AvgIpc) is 3.23. The summed E-state index contributed by atoms with van der Waals surface area (Å²) in [6, 6.07) is 21.5. The van der Waals surface area contributed by atoms with Gasteiger partial charge in [0.15, 0.2) is 11.5 Å². The Hall–Kier alpha value is -4.06. The first kappa shape index (κ1) is 24.1. The molecule has 0 saturated carbocycles. The van der Waals surface area contributed by atoms with Crippen LogP contribution in [0.3, 0.4) is 0 Å². The molecule has 0 radical (unpaired) electrons. The molecule has 35 heavy (non-hydrogen) atoms. The number of aromatic nitrogens is 2. The molecule has 0 unspecified atom stereocenters. The zero-order valence-corrected chi connectivity index (χ0v) is 20.3. The molecule has 0 aliphatic heterocycles. The first-order valence-corrected chi connectivity index (χ1v) is 11.8. The van der Waals surface area contributed by atoms with Gasteiger partial charge in [-0.2, -0.15) is 0 Å². The standard InChI is InChI=1S/C29H31N3O3/c1-4-9-22-14-15-26(27(19-22)34-3)35-17-8-16-32-25-13-6-5-12-24(25)31-28(32)20-30-29(33)23-11-7-10-21(2)18-23/h4-7,10-15,18-19H,1,8-9,16-17,20H2,2-3H3,(H,30,33). The molecule has 0 aliphatic rings. The second-order valence-corrected chi connectivity index (χ2v) is 8.40. The van der Waals surface area contributed by atoms with E-state index in [0.29, 0.717) is 25.3 Å². The van der Waals surface area contributed by atoms with Crippen LogP contribution in [0.1, 0.15) is 33.7 Å². The summed E-state index contributed by atoms with van der Waals surface area (Å²) in [6.45, 7) is 7.35. The Kier molecular flexibility index (Phi) is 7.83. The smallest absolute Gasteiger partial charge is 0.251 e. The number of methoxy groups -OCH3 is 1. The Morgan fingerprint density at radius 2 is 1.94 bits per heavy atom. The molecule has 6 heteroatoms. The molecule has 4 aromatic rings. The number of allylic oxidation sites excluding steroid dienone is 1. The third-order valence-electron chi connectivity index (χ3n) is 5.81. The molecule has 0 aliphatic carbocycles. The number of hydrogen-bond donors (Lipinski definition) is 1. The molecular weight excluding hydrogens is 438 g/mol. The maximum atomic E-state index is 12.7. The van der Waals surface area contributed by atoms with Gasteiger partial charge in [0, 0.05) is 12.1 Å². The van der Waals surface area contributed by atoms with E-state index in [1.54, 1.807) is 7.11 Å². The average molecular weight is 470 g/mol. The fraction of sp³-hybridized carbons (Fsp3) is 0.241. The molecule has 0 spiro atoms. The summed E-state index contributed by atoms with van der Waals surface area (Å²) in [4.78, 5) is 17.4. The van der Waals surface area contributed by atoms with Crippen LogP contribution in [0.15, 0.2) is 79.4 Å². The van der Waals surface area contributed by atoms with Gasteiger partial charge in [0.2, 0.25) is 0 Å². The SMILES string of the molecule is C=CCc1ccc(OCCCn2c(CNC(=O)c3cccc(C)c3)nc3ccccc32)c(OC)c1. The number of amides is 1. The van der Waals surface area contributed by atoms with Crippen molar-refractivity contribution in [1.29, 1.82) is 0 Å². The van der Waals surface area contributed by atoms with Crippen molar-refractivity contribution in [2.45, 2.75) is 32.9 Å². The van der Waals surface area contributed by atoms with Crippen LogP contribution in [0.25, 0.3) is 11.0 Å². The summed E-state index contributed by atoms with van der Waals surface area (Å²) in [5.41, 5.74) is 4.78. The van der Waals surface area contributed by atoms with Crippen LogP contribution in [-0.2, 0) is 19.5 Å². The van der Waals surface area contributed by atoms with Gasteiger partial charge in [0.1, 0.15) is 5.82 Å². The topological polar surface area (TPSA) is 65.4 Å². The lowest BCUT2D eigenvalue weighted by atomic mass is 10.1. The Morgan fingerprint density at radius 1 is 1.09 bits per heavy atom. The predicted molar refractivity (Wildman–Crippen MR) is 139 cm³/mol. The molecule has 1 heterocycles. The number of fused-ring (bicyclic) bond motifs is 1. The molecule has 1 N–H and O–H groups in total. The third kappa shape index (κ3) is 5.90. The van der Waals surface area contributed by atoms with Crippen molar-refractivity contribution >= 4 is 16.9 Å². The molecule has 1 aromatic heterocycles. The summed E-state index contributed by atoms with van der Waals surface area (Å²) in [7, 11) is 1.65. The fourth-order valence-corrected chi connectivity index (χ4v) is 4.09. The van der Waals surface area contributed by atoms with Gasteiger partial charge in [-0.3, -0.25) is 4.79 Å². The second kappa shape index (κ2) is 11.4. The molecule has 0 bridgehead atoms. The number of nitrogens with zero attached hydrogens (tertiary/aromatic N) is 2. The number of hydrogen-bond acceptors (Lipinski definition) is 4. The molecule has 180 valence electrons. The lowest BCUT2D eigenvalue weighted by Crippen LogP contribution is -2.25. The Balaban J connectivity index is 1.42. The van der Waals surface area contributed by atoms with E-state index in [2.05, 4.69) is 22.5 Å². The van der Waals surface area contributed by atoms with E-state index in [1.165, 1.54) is 0 Å². The number of rotatable bonds is 11. The summed E-state index contributed by atoms with van der Waals surface area (Å²) >= 11 is 0. The first-order valence-electron chi connectivity index (χ1n) is 11.8. The molecule has 0 fully saturated rings. The van der Waals surface area contributed by atoms with E-state index in [4.69, 9.17) is 14.5 Å². The van der Waals surface area contributed by atoms with E-state index in [9.17, 15) is 4.79 Å². The normalized spacial score (nSPS) is 10.8. The molecule has 0 atom stereocenters. The highest BCUT2D eigenvalue weighted by molar-refractivity contribution is 5.94. The highest BCUT2D eigenvalue weighted by Crippen LogP contribution is 2.28. The minimum Gasteiger partial charge on any atom is -0.493 e. The monoisotopic (exact) mass is 469 g/mol. The molecule has 6 nitrogen and oxygen atoms in total. The van der Waals surface area contributed by atoms with E-state index in [1.807, 2.05) is 73.7 Å². The fourth-order valence-electron chi connectivity index (χ4n) is 4.09. The predicted octanol–water partition coefficient (Wildman–Crippen LogP) is 5.48. The van der Waals surface area contributed by atoms with Crippen LogP contribution < -0.4 is 14.8 Å². The van der Waals surface area contributed by atoms with Gasteiger partial charge in [-0.1, -0.05) is 42.0 Å². The van der Waals surface area contributed by atoms with E-state index >= 15 is 0 Å². The van der Waals surface area contributed by atoms with Crippen LogP contribution in [0.4, 0.5) is 0 Å². The van der Waals surface area contributed by atoms with Gasteiger partial charge in [0.25, 0.3) is 5.91 Å². The minimum atomic E-state index is -0.109. The number of para-hydroxylation sites is 2. The highest BCUT2D eigenvalue weighted by Gasteiger charge is 2.13. The van der Waals surface area contributed by atoms with Crippen LogP contribution in [0.5, 0.6) is 11.5 Å². The van der Waals surface area contributed by atoms with E-state index < -0.39 is 0 Å². The van der Waals surface area contributed by atoms with Crippen LogP contribution >= 0.6 is 0 Å². The molecule has 3 aromatic carbocycles. The Morgan fingerprint density at radius 3 is 2.74 bits per heavy atom. The maximum absolute atomic E-state index is 12.7. The van der Waals surface area contributed by atoms with Gasteiger partial charge in [-0.05, 0) is 61.7 Å². The number of benzene rings is 3. The molecule has 4 rings (SSSR count). The lowest BCUT2D eigenvalue weighted by molar-refractivity contribution is 0.0949. The number of carbonyl (C=O) groups excluding carboxylic acids is 1. The molecular formula is C29H31N3O3. The van der Waals surface area contributed by atoms with Crippen molar-refractivity contribution in [1.82, 2.24) is 14.9 Å². The number of carbonyl (C=O) groups is 1. The zero-order valence-electron chi connectivity index (χ0n) is 20.3. The first-order chi connectivity index (χ1) is 17.1. The van der Waals surface area contributed by atoms with Gasteiger partial charge in [-0.25, -0.2) is 4.98 Å². The largest absolute Gasteiger partial charge is 0.493 e. The van der Waals surface area contributed by atoms with Crippen LogP contribution in [0.2, 0.25) is 0 Å². The summed E-state index contributed by atoms with van der Waals surface area (Å²) in [6.07, 6.45) is 3.43. The Labute approximate surface area is 206 Å². The second-order valence-electron chi connectivity index (χ2n) is 8.40. The number of aryl methyl sites for hydroxylation is 2. The zero-order chi connectivity index (χ0) is 24.6. The van der Waals surface area contributed by atoms with E-state index in [0.717, 1.165) is 52.3 Å². The van der Waals surface area contributed by atoms with Gasteiger partial charge < -0.3 is 19.4 Å². The van der Waals surface area contributed by atoms with Crippen LogP contribution in [-0.4, -0.2) is 29.2 Å². The number of nitrogens with one attached hydrogen (secondary N) is 1. The summed E-state index contributed by atoms with van der Waals surface area (Å²) in [5, 5.41) is 3.01. The Bertz CT molecular complexity index is 1330. The van der Waals surface area contributed by atoms with Crippen molar-refractivity contribution in [3.05, 3.63) is 102 Å². The lowest BCUT2D eigenvalue weighted by Gasteiger charge is -2.13. The number of imidazole rings is 1. The van der Waals surface area contributed by atoms with Crippen molar-refractivity contribution in [2.75, 3.05) is 13.7 Å². The van der Waals surface area contributed by atoms with Crippen molar-refractivity contribution in [2.24, 2.45) is 0 Å². The summed E-state index contributed by atoms with van der Waals surface area (Å²) < 4.78 is 13.7. The van der Waals surface area contributed by atoms with Crippen LogP contribution in [0, 0.1) is 6.92 Å². The van der Waals surface area contributed by atoms with E-state index in [-0.39, 0.29) is 5.91 Å². The van der Waals surface area contributed by atoms with Gasteiger partial charge in [0.05, 0.1) is 31.3 Å². The van der Waals surface area contributed by atoms with Gasteiger partial charge in [-0.15, -0.1) is 6.58 Å². The molecule has 1 amide bonds. The summed E-state index contributed by atoms with van der Waals surface area (Å²) in [5.74, 6) is 2.15. The molecule has 0 saturated heterocycles. The maximum Gasteiger partial charge on any atom is 0.251 e.